The zero-order valence-corrected chi connectivity index (χ0v) is 18.0. The van der Waals surface area contributed by atoms with Crippen LogP contribution in [0.15, 0.2) is 54.6 Å². The summed E-state index contributed by atoms with van der Waals surface area (Å²) in [6.45, 7) is 4.17. The van der Waals surface area contributed by atoms with Crippen LogP contribution in [0.2, 0.25) is 0 Å². The van der Waals surface area contributed by atoms with Crippen molar-refractivity contribution in [2.45, 2.75) is 0 Å². The number of carbonyl (C=O) groups is 2. The smallest absolute Gasteiger partial charge is 0.328 e. The summed E-state index contributed by atoms with van der Waals surface area (Å²) in [6, 6.07) is 14.2. The summed E-state index contributed by atoms with van der Waals surface area (Å²) in [4.78, 5) is 23.9. The minimum Gasteiger partial charge on any atom is -0.497 e. The molecule has 2 N–H and O–H groups in total. The number of hydrogen-bond donors (Lipinski definition) is 2. The number of benzene rings is 2. The highest BCUT2D eigenvalue weighted by Crippen LogP contribution is 2.41. The molecule has 0 bridgehead atoms. The van der Waals surface area contributed by atoms with Gasteiger partial charge in [0.2, 0.25) is 0 Å². The summed E-state index contributed by atoms with van der Waals surface area (Å²) in [6.07, 6.45) is 3.36. The molecule has 2 aliphatic heterocycles. The summed E-state index contributed by atoms with van der Waals surface area (Å²) in [5.74, 6) is 0.113. The van der Waals surface area contributed by atoms with Gasteiger partial charge >= 0.3 is 11.9 Å². The van der Waals surface area contributed by atoms with Crippen molar-refractivity contribution in [1.29, 1.82) is 0 Å². The maximum absolute atomic E-state index is 9.55. The highest BCUT2D eigenvalue weighted by Gasteiger charge is 2.24. The van der Waals surface area contributed by atoms with Gasteiger partial charge in [0.05, 0.1) is 7.11 Å². The fourth-order valence-corrected chi connectivity index (χ4v) is 3.41. The summed E-state index contributed by atoms with van der Waals surface area (Å²) in [5, 5.41) is 15.6. The lowest BCUT2D eigenvalue weighted by atomic mass is 10.1. The first-order valence-electron chi connectivity index (χ1n) is 10.1. The Bertz CT molecular complexity index is 1020. The zero-order chi connectivity index (χ0) is 23.1. The Morgan fingerprint density at radius 3 is 2.25 bits per heavy atom. The molecule has 0 unspecified atom stereocenters. The highest BCUT2D eigenvalue weighted by atomic mass is 16.5. The summed E-state index contributed by atoms with van der Waals surface area (Å²) < 4.78 is 11.6. The van der Waals surface area contributed by atoms with E-state index in [1.807, 2.05) is 24.3 Å². The lowest BCUT2D eigenvalue weighted by Gasteiger charge is -2.35. The van der Waals surface area contributed by atoms with Gasteiger partial charge in [0.1, 0.15) is 17.2 Å². The summed E-state index contributed by atoms with van der Waals surface area (Å²) in [7, 11) is 3.88. The Balaban J connectivity index is 0.000000312. The van der Waals surface area contributed by atoms with Gasteiger partial charge in [0, 0.05) is 55.2 Å². The maximum atomic E-state index is 9.55. The van der Waals surface area contributed by atoms with E-state index in [4.69, 9.17) is 19.7 Å². The van der Waals surface area contributed by atoms with Crippen LogP contribution < -0.4 is 9.47 Å². The number of aliphatic carboxylic acids is 2. The molecule has 0 atom stereocenters. The number of carboxylic acid groups (broad SMARTS) is 2. The second kappa shape index (κ2) is 10.5. The Morgan fingerprint density at radius 2 is 1.62 bits per heavy atom. The van der Waals surface area contributed by atoms with Crippen LogP contribution in [0.3, 0.4) is 0 Å². The molecule has 0 spiro atoms. The molecule has 8 nitrogen and oxygen atoms in total. The van der Waals surface area contributed by atoms with E-state index in [-0.39, 0.29) is 0 Å². The second-order valence-electron chi connectivity index (χ2n) is 7.33. The molecule has 2 aromatic carbocycles. The molecule has 2 heterocycles. The third kappa shape index (κ3) is 5.89. The van der Waals surface area contributed by atoms with E-state index in [1.165, 1.54) is 5.70 Å². The predicted molar refractivity (Wildman–Crippen MR) is 121 cm³/mol. The molecule has 0 aliphatic carbocycles. The van der Waals surface area contributed by atoms with Crippen LogP contribution in [0.4, 0.5) is 0 Å². The molecular weight excluding hydrogens is 412 g/mol. The number of carboxylic acids is 2. The van der Waals surface area contributed by atoms with Crippen molar-refractivity contribution in [2.75, 3.05) is 40.3 Å². The number of rotatable bonds is 4. The quantitative estimate of drug-likeness (QED) is 0.702. The summed E-state index contributed by atoms with van der Waals surface area (Å²) >= 11 is 0. The number of methoxy groups -OCH3 is 1. The molecule has 0 radical (unpaired) electrons. The largest absolute Gasteiger partial charge is 0.497 e. The number of piperazine rings is 1. The van der Waals surface area contributed by atoms with Crippen molar-refractivity contribution in [3.8, 4) is 17.2 Å². The maximum Gasteiger partial charge on any atom is 0.328 e. The SMILES string of the molecule is COc1ccc2c(c1)C(N1CCN(C)CC1)=Cc1ccccc1O2.O=C(O)/C=C\C(=O)O. The Morgan fingerprint density at radius 1 is 0.969 bits per heavy atom. The van der Waals surface area contributed by atoms with Crippen molar-refractivity contribution >= 4 is 23.7 Å². The van der Waals surface area contributed by atoms with E-state index in [0.717, 1.165) is 54.6 Å². The normalized spacial score (nSPS) is 15.3. The van der Waals surface area contributed by atoms with Crippen molar-refractivity contribution in [1.82, 2.24) is 9.80 Å². The number of likely N-dealkylation sites (N-methyl/N-ethyl adjacent to an activating group) is 1. The van der Waals surface area contributed by atoms with E-state index in [0.29, 0.717) is 12.2 Å². The Hall–Kier alpha value is -3.78. The van der Waals surface area contributed by atoms with Crippen molar-refractivity contribution in [2.24, 2.45) is 0 Å². The molecule has 168 valence electrons. The van der Waals surface area contributed by atoms with E-state index in [2.05, 4.69) is 41.1 Å². The van der Waals surface area contributed by atoms with Gasteiger partial charge in [0.15, 0.2) is 0 Å². The number of fused-ring (bicyclic) bond motifs is 2. The van der Waals surface area contributed by atoms with Gasteiger partial charge < -0.3 is 29.5 Å². The third-order valence-corrected chi connectivity index (χ3v) is 5.11. The van der Waals surface area contributed by atoms with Gasteiger partial charge in [-0.3, -0.25) is 0 Å². The fraction of sp³-hybridized carbons (Fsp3) is 0.250. The van der Waals surface area contributed by atoms with Gasteiger partial charge in [-0.1, -0.05) is 18.2 Å². The van der Waals surface area contributed by atoms with Crippen molar-refractivity contribution in [3.05, 3.63) is 65.7 Å². The van der Waals surface area contributed by atoms with E-state index < -0.39 is 11.9 Å². The van der Waals surface area contributed by atoms with Gasteiger partial charge in [0.25, 0.3) is 0 Å². The van der Waals surface area contributed by atoms with Gasteiger partial charge in [-0.05, 0) is 37.4 Å². The molecule has 8 heteroatoms. The van der Waals surface area contributed by atoms with Crippen LogP contribution in [-0.2, 0) is 9.59 Å². The lowest BCUT2D eigenvalue weighted by Crippen LogP contribution is -2.43. The van der Waals surface area contributed by atoms with Crippen LogP contribution in [0.5, 0.6) is 17.2 Å². The molecule has 0 amide bonds. The lowest BCUT2D eigenvalue weighted by molar-refractivity contribution is -0.134. The second-order valence-corrected chi connectivity index (χ2v) is 7.33. The first-order valence-corrected chi connectivity index (χ1v) is 10.1. The Labute approximate surface area is 186 Å². The molecule has 4 rings (SSSR count). The van der Waals surface area contributed by atoms with Crippen LogP contribution in [-0.4, -0.2) is 72.3 Å². The highest BCUT2D eigenvalue weighted by molar-refractivity contribution is 5.89. The molecule has 2 aromatic rings. The monoisotopic (exact) mass is 438 g/mol. The van der Waals surface area contributed by atoms with Gasteiger partial charge in [-0.25, -0.2) is 9.59 Å². The number of hydrogen-bond acceptors (Lipinski definition) is 6. The molecule has 1 fully saturated rings. The van der Waals surface area contributed by atoms with Crippen LogP contribution in [0.1, 0.15) is 11.1 Å². The molecular formula is C24H26N2O6. The molecule has 2 aliphatic rings. The van der Waals surface area contributed by atoms with Gasteiger partial charge in [-0.15, -0.1) is 0 Å². The summed E-state index contributed by atoms with van der Waals surface area (Å²) in [5.41, 5.74) is 3.42. The minimum atomic E-state index is -1.26. The number of ether oxygens (including phenoxy) is 2. The van der Waals surface area contributed by atoms with Crippen LogP contribution >= 0.6 is 0 Å². The van der Waals surface area contributed by atoms with Crippen molar-refractivity contribution < 1.29 is 29.3 Å². The van der Waals surface area contributed by atoms with E-state index >= 15 is 0 Å². The average molecular weight is 438 g/mol. The van der Waals surface area contributed by atoms with Crippen LogP contribution in [0.25, 0.3) is 11.8 Å². The van der Waals surface area contributed by atoms with Crippen molar-refractivity contribution in [3.63, 3.8) is 0 Å². The standard InChI is InChI=1S/C20H22N2O2.C4H4O4/c1-21-9-11-22(12-10-21)18-13-15-5-3-4-6-19(15)24-20-8-7-16(23-2)14-17(18)20;5-3(6)1-2-4(7)8/h3-8,13-14H,9-12H2,1-2H3;1-2H,(H,5,6)(H,7,8)/b;2-1-. The first kappa shape index (κ1) is 22.9. The predicted octanol–water partition coefficient (Wildman–Crippen LogP) is 3.26. The fourth-order valence-electron chi connectivity index (χ4n) is 3.41. The average Bonchev–Trinajstić information content (AvgIpc) is 2.95. The van der Waals surface area contributed by atoms with Gasteiger partial charge in [-0.2, -0.15) is 0 Å². The Kier molecular flexibility index (Phi) is 7.51. The third-order valence-electron chi connectivity index (χ3n) is 5.11. The topological polar surface area (TPSA) is 99.5 Å². The number of para-hydroxylation sites is 1. The molecule has 32 heavy (non-hydrogen) atoms. The van der Waals surface area contributed by atoms with E-state index in [1.54, 1.807) is 7.11 Å². The van der Waals surface area contributed by atoms with E-state index in [9.17, 15) is 9.59 Å². The number of nitrogens with zero attached hydrogens (tertiary/aromatic N) is 2. The molecule has 0 aromatic heterocycles. The molecule has 1 saturated heterocycles. The first-order chi connectivity index (χ1) is 15.4. The van der Waals surface area contributed by atoms with Crippen LogP contribution in [0, 0.1) is 0 Å². The minimum absolute atomic E-state index is 0.558. The zero-order valence-electron chi connectivity index (χ0n) is 18.0. The molecule has 0 saturated carbocycles.